The molecule has 0 aliphatic rings. The number of hydrogen-bond acceptors (Lipinski definition) is 0. The lowest BCUT2D eigenvalue weighted by atomic mass is 10.1. The maximum atomic E-state index is 2.16. The van der Waals surface area contributed by atoms with Gasteiger partial charge < -0.3 is 0 Å². The third kappa shape index (κ3) is 2.57. The Morgan fingerprint density at radius 1 is 0.533 bits per heavy atom. The average Bonchev–Trinajstić information content (AvgIpc) is 2.27. The monoisotopic (exact) mass is 194 g/mol. The van der Waals surface area contributed by atoms with Crippen molar-refractivity contribution in [3.8, 4) is 0 Å². The Morgan fingerprint density at radius 3 is 1.80 bits per heavy atom. The zero-order chi connectivity index (χ0) is 10.5. The summed E-state index contributed by atoms with van der Waals surface area (Å²) in [5.41, 5.74) is 1.26. The van der Waals surface area contributed by atoms with Crippen LogP contribution in [-0.2, 0) is 0 Å². The van der Waals surface area contributed by atoms with Gasteiger partial charge in [0.05, 0.1) is 0 Å². The van der Waals surface area contributed by atoms with Crippen LogP contribution in [0.4, 0.5) is 0 Å². The zero-order valence-electron chi connectivity index (χ0n) is 8.85. The van der Waals surface area contributed by atoms with Crippen molar-refractivity contribution in [2.45, 2.75) is 6.92 Å². The van der Waals surface area contributed by atoms with E-state index in [1.165, 1.54) is 16.3 Å². The molecular formula is C15H14. The Balaban J connectivity index is 2.78. The standard InChI is InChI=1S/C15H14/c1-13-7-3-2-4-8-14-9-5-6-10-15(14)12-11-13/h2-12H,1H3. The Bertz CT molecular complexity index is 511. The number of hydrogen-bond donors (Lipinski definition) is 0. The molecule has 0 fully saturated rings. The van der Waals surface area contributed by atoms with Crippen molar-refractivity contribution in [1.29, 1.82) is 0 Å². The van der Waals surface area contributed by atoms with Crippen molar-refractivity contribution in [2.75, 3.05) is 0 Å². The third-order valence-corrected chi connectivity index (χ3v) is 2.38. The van der Waals surface area contributed by atoms with Crippen LogP contribution in [0.5, 0.6) is 0 Å². The summed E-state index contributed by atoms with van der Waals surface area (Å²) in [5.74, 6) is 0. The van der Waals surface area contributed by atoms with E-state index in [9.17, 15) is 0 Å². The minimum absolute atomic E-state index is 1.26. The lowest BCUT2D eigenvalue weighted by Crippen LogP contribution is -1.67. The van der Waals surface area contributed by atoms with Gasteiger partial charge in [-0.2, -0.15) is 0 Å². The first-order chi connectivity index (χ1) is 7.36. The zero-order valence-corrected chi connectivity index (χ0v) is 8.85. The highest BCUT2D eigenvalue weighted by atomic mass is 13.9. The largest absolute Gasteiger partial charge is 0.0622 e. The molecule has 0 atom stereocenters. The van der Waals surface area contributed by atoms with Gasteiger partial charge in [-0.15, -0.1) is 0 Å². The minimum Gasteiger partial charge on any atom is -0.0622 e. The molecule has 0 heterocycles. The second-order valence-corrected chi connectivity index (χ2v) is 3.62. The van der Waals surface area contributed by atoms with E-state index in [4.69, 9.17) is 0 Å². The Hall–Kier alpha value is -1.82. The Kier molecular flexibility index (Phi) is 2.99. The highest BCUT2D eigenvalue weighted by molar-refractivity contribution is 5.81. The first-order valence-electron chi connectivity index (χ1n) is 5.15. The maximum absolute atomic E-state index is 2.16. The normalized spacial score (nSPS) is 9.67. The van der Waals surface area contributed by atoms with Crippen LogP contribution in [-0.4, -0.2) is 0 Å². The van der Waals surface area contributed by atoms with Crippen molar-refractivity contribution in [1.82, 2.24) is 0 Å². The number of benzene rings is 1. The molecule has 0 aromatic heterocycles. The first kappa shape index (κ1) is 9.72. The van der Waals surface area contributed by atoms with Gasteiger partial charge in [0.2, 0.25) is 0 Å². The van der Waals surface area contributed by atoms with E-state index in [2.05, 4.69) is 73.7 Å². The van der Waals surface area contributed by atoms with E-state index >= 15 is 0 Å². The van der Waals surface area contributed by atoms with Gasteiger partial charge in [-0.25, -0.2) is 0 Å². The molecule has 0 amide bonds. The molecule has 15 heavy (non-hydrogen) atoms. The van der Waals surface area contributed by atoms with Gasteiger partial charge in [0, 0.05) is 0 Å². The molecule has 0 radical (unpaired) electrons. The van der Waals surface area contributed by atoms with E-state index in [0.717, 1.165) is 0 Å². The van der Waals surface area contributed by atoms with E-state index in [1.54, 1.807) is 0 Å². The van der Waals surface area contributed by atoms with Crippen molar-refractivity contribution in [3.63, 3.8) is 0 Å². The summed E-state index contributed by atoms with van der Waals surface area (Å²) >= 11 is 0. The van der Waals surface area contributed by atoms with Crippen LogP contribution >= 0.6 is 0 Å². The van der Waals surface area contributed by atoms with E-state index in [0.29, 0.717) is 0 Å². The molecule has 0 saturated carbocycles. The van der Waals surface area contributed by atoms with Crippen LogP contribution in [0.1, 0.15) is 5.56 Å². The fraction of sp³-hybridized carbons (Fsp3) is 0.0667. The summed E-state index contributed by atoms with van der Waals surface area (Å²) in [7, 11) is 0. The van der Waals surface area contributed by atoms with Crippen molar-refractivity contribution in [3.05, 3.63) is 72.3 Å². The molecule has 0 heteroatoms. The summed E-state index contributed by atoms with van der Waals surface area (Å²) in [6, 6.07) is 23.1. The molecule has 2 aromatic rings. The topological polar surface area (TPSA) is 0 Å². The van der Waals surface area contributed by atoms with Crippen molar-refractivity contribution in [2.24, 2.45) is 0 Å². The van der Waals surface area contributed by atoms with Gasteiger partial charge in [0.1, 0.15) is 0 Å². The van der Waals surface area contributed by atoms with Gasteiger partial charge in [0.25, 0.3) is 0 Å². The lowest BCUT2D eigenvalue weighted by Gasteiger charge is -1.91. The Labute approximate surface area is 90.5 Å². The van der Waals surface area contributed by atoms with Crippen molar-refractivity contribution >= 4 is 10.8 Å². The van der Waals surface area contributed by atoms with Gasteiger partial charge in [0.15, 0.2) is 0 Å². The van der Waals surface area contributed by atoms with E-state index in [1.807, 2.05) is 0 Å². The van der Waals surface area contributed by atoms with Gasteiger partial charge in [-0.05, 0) is 17.7 Å². The second kappa shape index (κ2) is 4.61. The highest BCUT2D eigenvalue weighted by Crippen LogP contribution is 2.10. The number of fused-ring (bicyclic) bond motifs is 1. The highest BCUT2D eigenvalue weighted by Gasteiger charge is 1.84. The molecule has 0 nitrogen and oxygen atoms in total. The molecule has 0 bridgehead atoms. The van der Waals surface area contributed by atoms with E-state index in [-0.39, 0.29) is 0 Å². The predicted octanol–water partition coefficient (Wildman–Crippen LogP) is 4.27. The molecule has 2 rings (SSSR count). The minimum atomic E-state index is 1.26. The summed E-state index contributed by atoms with van der Waals surface area (Å²) in [4.78, 5) is 0. The van der Waals surface area contributed by atoms with Crippen molar-refractivity contribution < 1.29 is 0 Å². The molecule has 2 aromatic carbocycles. The van der Waals surface area contributed by atoms with Crippen LogP contribution in [0.15, 0.2) is 66.7 Å². The number of rotatable bonds is 0. The van der Waals surface area contributed by atoms with E-state index < -0.39 is 0 Å². The SMILES string of the molecule is Cc1cccccc2ccccc2cc1. The Morgan fingerprint density at radius 2 is 1.07 bits per heavy atom. The van der Waals surface area contributed by atoms with Gasteiger partial charge in [-0.3, -0.25) is 0 Å². The molecular weight excluding hydrogens is 180 g/mol. The lowest BCUT2D eigenvalue weighted by molar-refractivity contribution is 1.50. The molecule has 0 spiro atoms. The molecule has 0 unspecified atom stereocenters. The maximum Gasteiger partial charge on any atom is -0.0184 e. The van der Waals surface area contributed by atoms with Gasteiger partial charge >= 0.3 is 0 Å². The van der Waals surface area contributed by atoms with Crippen LogP contribution < -0.4 is 0 Å². The smallest absolute Gasteiger partial charge is 0.0184 e. The molecule has 0 aliphatic carbocycles. The summed E-state index contributed by atoms with van der Waals surface area (Å²) < 4.78 is 0. The molecule has 0 N–H and O–H groups in total. The summed E-state index contributed by atoms with van der Waals surface area (Å²) in [6.07, 6.45) is 0. The third-order valence-electron chi connectivity index (χ3n) is 2.38. The molecule has 0 aliphatic heterocycles. The first-order valence-corrected chi connectivity index (χ1v) is 5.15. The second-order valence-electron chi connectivity index (χ2n) is 3.62. The molecule has 74 valence electrons. The van der Waals surface area contributed by atoms with Crippen LogP contribution in [0, 0.1) is 6.92 Å². The molecule has 0 saturated heterocycles. The number of aryl methyl sites for hydroxylation is 1. The predicted molar refractivity (Wildman–Crippen MR) is 66.3 cm³/mol. The fourth-order valence-corrected chi connectivity index (χ4v) is 1.52. The van der Waals surface area contributed by atoms with Crippen LogP contribution in [0.3, 0.4) is 0 Å². The summed E-state index contributed by atoms with van der Waals surface area (Å²) in [5, 5.41) is 2.52. The fourth-order valence-electron chi connectivity index (χ4n) is 1.52. The van der Waals surface area contributed by atoms with Crippen LogP contribution in [0.2, 0.25) is 0 Å². The summed E-state index contributed by atoms with van der Waals surface area (Å²) in [6.45, 7) is 2.11. The van der Waals surface area contributed by atoms with Gasteiger partial charge in [-0.1, -0.05) is 72.3 Å². The average molecular weight is 194 g/mol. The quantitative estimate of drug-likeness (QED) is 0.587. The van der Waals surface area contributed by atoms with Crippen LogP contribution in [0.25, 0.3) is 10.8 Å².